The molecule has 1 aromatic rings. The second-order valence-corrected chi connectivity index (χ2v) is 6.43. The monoisotopic (exact) mass is 257 g/mol. The number of benzene rings is 1. The van der Waals surface area contributed by atoms with Crippen LogP contribution in [0.15, 0.2) is 18.2 Å². The van der Waals surface area contributed by atoms with Gasteiger partial charge in [-0.25, -0.2) is 8.42 Å². The van der Waals surface area contributed by atoms with Gasteiger partial charge in [-0.15, -0.1) is 0 Å². The average molecular weight is 257 g/mol. The molecule has 1 atom stereocenters. The third-order valence-corrected chi connectivity index (χ3v) is 4.50. The molecule has 1 unspecified atom stereocenters. The van der Waals surface area contributed by atoms with E-state index < -0.39 is 15.9 Å². The number of nitrogens with two attached hydrogens (primary N) is 1. The van der Waals surface area contributed by atoms with Gasteiger partial charge >= 0.3 is 0 Å². The molecule has 0 fully saturated rings. The van der Waals surface area contributed by atoms with Crippen LogP contribution in [0.5, 0.6) is 5.75 Å². The first-order valence-corrected chi connectivity index (χ1v) is 7.32. The predicted molar refractivity (Wildman–Crippen MR) is 69.0 cm³/mol. The number of hydrogen-bond donors (Lipinski definition) is 1. The molecular weight excluding hydrogens is 238 g/mol. The minimum Gasteiger partial charge on any atom is -0.497 e. The first-order chi connectivity index (χ1) is 7.89. The Kier molecular flexibility index (Phi) is 4.54. The Labute approximate surface area is 103 Å². The Bertz CT molecular complexity index is 483. The number of methoxy groups -OCH3 is 1. The summed E-state index contributed by atoms with van der Waals surface area (Å²) in [5.41, 5.74) is 7.73. The SMILES string of the molecule is CCS(=O)(=O)CC(N)c1ccc(OC)cc1C. The summed E-state index contributed by atoms with van der Waals surface area (Å²) in [7, 11) is -1.46. The van der Waals surface area contributed by atoms with Gasteiger partial charge < -0.3 is 10.5 Å². The maximum atomic E-state index is 11.5. The van der Waals surface area contributed by atoms with Crippen molar-refractivity contribution in [2.75, 3.05) is 18.6 Å². The van der Waals surface area contributed by atoms with Crippen molar-refractivity contribution in [3.05, 3.63) is 29.3 Å². The summed E-state index contributed by atoms with van der Waals surface area (Å²) in [5.74, 6) is 0.851. The van der Waals surface area contributed by atoms with Crippen LogP contribution in [0.3, 0.4) is 0 Å². The molecule has 1 rings (SSSR count). The molecule has 0 heterocycles. The molecule has 0 bridgehead atoms. The molecule has 0 aromatic heterocycles. The first-order valence-electron chi connectivity index (χ1n) is 5.50. The van der Waals surface area contributed by atoms with Gasteiger partial charge in [-0.1, -0.05) is 13.0 Å². The van der Waals surface area contributed by atoms with Crippen molar-refractivity contribution in [3.63, 3.8) is 0 Å². The molecule has 2 N–H and O–H groups in total. The van der Waals surface area contributed by atoms with Crippen LogP contribution in [0.25, 0.3) is 0 Å². The van der Waals surface area contributed by atoms with E-state index in [-0.39, 0.29) is 11.5 Å². The Morgan fingerprint density at radius 3 is 2.53 bits per heavy atom. The molecule has 0 aliphatic heterocycles. The van der Waals surface area contributed by atoms with Crippen molar-refractivity contribution in [3.8, 4) is 5.75 Å². The molecule has 96 valence electrons. The lowest BCUT2D eigenvalue weighted by Crippen LogP contribution is -2.23. The zero-order valence-corrected chi connectivity index (χ0v) is 11.3. The van der Waals surface area contributed by atoms with E-state index in [1.165, 1.54) is 0 Å². The van der Waals surface area contributed by atoms with Crippen LogP contribution in [0.1, 0.15) is 24.1 Å². The lowest BCUT2D eigenvalue weighted by molar-refractivity contribution is 0.414. The fourth-order valence-corrected chi connectivity index (χ4v) is 2.63. The summed E-state index contributed by atoms with van der Waals surface area (Å²) in [4.78, 5) is 0. The van der Waals surface area contributed by atoms with E-state index in [2.05, 4.69) is 0 Å². The number of rotatable bonds is 5. The van der Waals surface area contributed by atoms with E-state index in [4.69, 9.17) is 10.5 Å². The maximum absolute atomic E-state index is 11.5. The number of aryl methyl sites for hydroxylation is 1. The number of sulfone groups is 1. The molecule has 0 aliphatic carbocycles. The van der Waals surface area contributed by atoms with Crippen LogP contribution in [0.4, 0.5) is 0 Å². The van der Waals surface area contributed by atoms with Crippen LogP contribution < -0.4 is 10.5 Å². The highest BCUT2D eigenvalue weighted by Gasteiger charge is 2.17. The van der Waals surface area contributed by atoms with Gasteiger partial charge in [0.15, 0.2) is 9.84 Å². The molecule has 0 saturated carbocycles. The van der Waals surface area contributed by atoms with Crippen molar-refractivity contribution < 1.29 is 13.2 Å². The van der Waals surface area contributed by atoms with Gasteiger partial charge in [0.25, 0.3) is 0 Å². The van der Waals surface area contributed by atoms with Gasteiger partial charge in [-0.05, 0) is 30.2 Å². The van der Waals surface area contributed by atoms with Crippen molar-refractivity contribution >= 4 is 9.84 Å². The second kappa shape index (κ2) is 5.51. The minimum absolute atomic E-state index is 0.0172. The summed E-state index contributed by atoms with van der Waals surface area (Å²) < 4.78 is 28.1. The molecular formula is C12H19NO3S. The Morgan fingerprint density at radius 2 is 2.06 bits per heavy atom. The zero-order valence-electron chi connectivity index (χ0n) is 10.4. The van der Waals surface area contributed by atoms with Crippen LogP contribution in [-0.4, -0.2) is 27.0 Å². The van der Waals surface area contributed by atoms with Gasteiger partial charge in [0.2, 0.25) is 0 Å². The van der Waals surface area contributed by atoms with E-state index >= 15 is 0 Å². The van der Waals surface area contributed by atoms with Crippen LogP contribution in [0, 0.1) is 6.92 Å². The molecule has 0 aliphatic rings. The summed E-state index contributed by atoms with van der Waals surface area (Å²) >= 11 is 0. The highest BCUT2D eigenvalue weighted by atomic mass is 32.2. The largest absolute Gasteiger partial charge is 0.497 e. The molecule has 0 spiro atoms. The highest BCUT2D eigenvalue weighted by molar-refractivity contribution is 7.91. The molecule has 5 heteroatoms. The summed E-state index contributed by atoms with van der Waals surface area (Å²) in [5, 5.41) is 0. The topological polar surface area (TPSA) is 69.4 Å². The Morgan fingerprint density at radius 1 is 1.41 bits per heavy atom. The van der Waals surface area contributed by atoms with E-state index in [9.17, 15) is 8.42 Å². The lowest BCUT2D eigenvalue weighted by Gasteiger charge is -2.15. The third kappa shape index (κ3) is 3.71. The van der Waals surface area contributed by atoms with Crippen molar-refractivity contribution in [1.29, 1.82) is 0 Å². The van der Waals surface area contributed by atoms with Gasteiger partial charge in [-0.3, -0.25) is 0 Å². The molecule has 1 aromatic carbocycles. The summed E-state index contributed by atoms with van der Waals surface area (Å²) in [6, 6.07) is 4.99. The van der Waals surface area contributed by atoms with E-state index in [1.54, 1.807) is 20.1 Å². The Balaban J connectivity index is 2.93. The van der Waals surface area contributed by atoms with Gasteiger partial charge in [0.1, 0.15) is 5.75 Å². The van der Waals surface area contributed by atoms with E-state index in [0.29, 0.717) is 0 Å². The first kappa shape index (κ1) is 14.0. The zero-order chi connectivity index (χ0) is 13.1. The Hall–Kier alpha value is -1.07. The van der Waals surface area contributed by atoms with E-state index in [0.717, 1.165) is 16.9 Å². The van der Waals surface area contributed by atoms with Gasteiger partial charge in [-0.2, -0.15) is 0 Å². The van der Waals surface area contributed by atoms with Crippen LogP contribution >= 0.6 is 0 Å². The van der Waals surface area contributed by atoms with Crippen molar-refractivity contribution in [1.82, 2.24) is 0 Å². The molecule has 17 heavy (non-hydrogen) atoms. The molecule has 0 saturated heterocycles. The molecule has 4 nitrogen and oxygen atoms in total. The maximum Gasteiger partial charge on any atom is 0.151 e. The molecule has 0 amide bonds. The minimum atomic E-state index is -3.06. The van der Waals surface area contributed by atoms with Crippen LogP contribution in [-0.2, 0) is 9.84 Å². The molecule has 0 radical (unpaired) electrons. The smallest absolute Gasteiger partial charge is 0.151 e. The van der Waals surface area contributed by atoms with Gasteiger partial charge in [0, 0.05) is 11.8 Å². The van der Waals surface area contributed by atoms with E-state index in [1.807, 2.05) is 19.1 Å². The number of ether oxygens (including phenoxy) is 1. The summed E-state index contributed by atoms with van der Waals surface area (Å²) in [6.45, 7) is 3.53. The van der Waals surface area contributed by atoms with Crippen molar-refractivity contribution in [2.24, 2.45) is 5.73 Å². The summed E-state index contributed by atoms with van der Waals surface area (Å²) in [6.07, 6.45) is 0. The normalized spacial score (nSPS) is 13.4. The fraction of sp³-hybridized carbons (Fsp3) is 0.500. The fourth-order valence-electron chi connectivity index (χ4n) is 1.67. The van der Waals surface area contributed by atoms with Crippen molar-refractivity contribution in [2.45, 2.75) is 19.9 Å². The third-order valence-electron chi connectivity index (χ3n) is 2.75. The predicted octanol–water partition coefficient (Wildman–Crippen LogP) is 1.44. The lowest BCUT2D eigenvalue weighted by atomic mass is 10.0. The van der Waals surface area contributed by atoms with Crippen LogP contribution in [0.2, 0.25) is 0 Å². The number of hydrogen-bond acceptors (Lipinski definition) is 4. The average Bonchev–Trinajstić information content (AvgIpc) is 2.28. The van der Waals surface area contributed by atoms with Gasteiger partial charge in [0.05, 0.1) is 12.9 Å². The highest BCUT2D eigenvalue weighted by Crippen LogP contribution is 2.22. The second-order valence-electron chi connectivity index (χ2n) is 4.03. The standard InChI is InChI=1S/C12H19NO3S/c1-4-17(14,15)8-12(13)11-6-5-10(16-3)7-9(11)2/h5-7,12H,4,8,13H2,1-3H3. The quantitative estimate of drug-likeness (QED) is 0.866.